The van der Waals surface area contributed by atoms with Crippen molar-refractivity contribution in [2.24, 2.45) is 5.92 Å². The lowest BCUT2D eigenvalue weighted by Crippen LogP contribution is -2.36. The predicted molar refractivity (Wildman–Crippen MR) is 92.8 cm³/mol. The Hall–Kier alpha value is -2.22. The summed E-state index contributed by atoms with van der Waals surface area (Å²) in [6.07, 6.45) is 4.03. The van der Waals surface area contributed by atoms with Gasteiger partial charge in [-0.2, -0.15) is 5.10 Å². The maximum absolute atomic E-state index is 12.8. The summed E-state index contributed by atoms with van der Waals surface area (Å²) < 4.78 is 11.6. The van der Waals surface area contributed by atoms with Crippen molar-refractivity contribution >= 4 is 5.91 Å². The molecule has 2 aliphatic rings. The molecule has 0 unspecified atom stereocenters. The molecule has 8 nitrogen and oxygen atoms in total. The second-order valence-corrected chi connectivity index (χ2v) is 7.44. The molecule has 1 saturated carbocycles. The molecule has 2 aromatic heterocycles. The van der Waals surface area contributed by atoms with E-state index in [1.807, 2.05) is 13.8 Å². The first-order valence-corrected chi connectivity index (χ1v) is 9.23. The number of aromatic nitrogens is 4. The number of aryl methyl sites for hydroxylation is 2. The minimum atomic E-state index is -0.155. The van der Waals surface area contributed by atoms with Crippen molar-refractivity contribution in [2.45, 2.75) is 51.6 Å². The van der Waals surface area contributed by atoms with Crippen molar-refractivity contribution in [1.29, 1.82) is 0 Å². The lowest BCUT2D eigenvalue weighted by Gasteiger charge is -2.23. The molecule has 4 rings (SSSR count). The van der Waals surface area contributed by atoms with Gasteiger partial charge in [-0.05, 0) is 39.0 Å². The Bertz CT molecular complexity index is 795. The second-order valence-electron chi connectivity index (χ2n) is 7.44. The molecule has 0 aromatic carbocycles. The minimum Gasteiger partial charge on any atom is -0.435 e. The number of hydrogen-bond acceptors (Lipinski definition) is 6. The Morgan fingerprint density at radius 2 is 2.08 bits per heavy atom. The third kappa shape index (κ3) is 3.51. The molecule has 3 heterocycles. The largest absolute Gasteiger partial charge is 0.435 e. The summed E-state index contributed by atoms with van der Waals surface area (Å²) in [5, 5.41) is 7.14. The third-order valence-corrected chi connectivity index (χ3v) is 5.15. The molecule has 26 heavy (non-hydrogen) atoms. The smallest absolute Gasteiger partial charge is 0.291 e. The molecule has 8 heteroatoms. The van der Waals surface area contributed by atoms with Gasteiger partial charge in [0.1, 0.15) is 5.82 Å². The van der Waals surface area contributed by atoms with Crippen molar-refractivity contribution < 1.29 is 13.9 Å². The maximum atomic E-state index is 12.8. The zero-order valence-corrected chi connectivity index (χ0v) is 15.5. The molecule has 0 bridgehead atoms. The van der Waals surface area contributed by atoms with E-state index in [-0.39, 0.29) is 17.9 Å². The van der Waals surface area contributed by atoms with Crippen LogP contribution < -0.4 is 0 Å². The number of likely N-dealkylation sites (N-methyl/N-ethyl adjacent to an activating group) is 1. The monoisotopic (exact) mass is 359 g/mol. The molecule has 0 spiro atoms. The van der Waals surface area contributed by atoms with Crippen LogP contribution in [-0.2, 0) is 11.2 Å². The molecule has 2 fully saturated rings. The number of rotatable bonds is 6. The fourth-order valence-corrected chi connectivity index (χ4v) is 3.48. The van der Waals surface area contributed by atoms with E-state index in [0.29, 0.717) is 36.4 Å². The van der Waals surface area contributed by atoms with E-state index >= 15 is 0 Å². The Morgan fingerprint density at radius 1 is 1.27 bits per heavy atom. The number of amides is 1. The predicted octanol–water partition coefficient (Wildman–Crippen LogP) is 2.01. The van der Waals surface area contributed by atoms with Gasteiger partial charge in [0.15, 0.2) is 11.7 Å². The van der Waals surface area contributed by atoms with Gasteiger partial charge in [-0.25, -0.2) is 9.97 Å². The highest BCUT2D eigenvalue weighted by molar-refractivity contribution is 5.92. The first kappa shape index (κ1) is 17.2. The highest BCUT2D eigenvalue weighted by Gasteiger charge is 2.35. The van der Waals surface area contributed by atoms with Crippen LogP contribution in [0.25, 0.3) is 0 Å². The summed E-state index contributed by atoms with van der Waals surface area (Å²) in [5.41, 5.74) is 0.658. The van der Waals surface area contributed by atoms with E-state index in [2.05, 4.69) is 20.2 Å². The van der Waals surface area contributed by atoms with Gasteiger partial charge in [-0.3, -0.25) is 9.89 Å². The normalized spacial score (nSPS) is 22.7. The number of carbonyl (C=O) groups is 1. The molecule has 2 atom stereocenters. The lowest BCUT2D eigenvalue weighted by atomic mass is 10.0. The number of ether oxygens (including phenoxy) is 1. The molecule has 0 radical (unpaired) electrons. The summed E-state index contributed by atoms with van der Waals surface area (Å²) in [4.78, 5) is 23.3. The van der Waals surface area contributed by atoms with Crippen LogP contribution in [0.3, 0.4) is 0 Å². The molecular formula is C18H25N5O3. The lowest BCUT2D eigenvalue weighted by molar-refractivity contribution is 0.0526. The molecule has 140 valence electrons. The quantitative estimate of drug-likeness (QED) is 0.847. The summed E-state index contributed by atoms with van der Waals surface area (Å²) in [7, 11) is 1.77. The molecule has 1 amide bonds. The number of aromatic amines is 1. The molecular weight excluding hydrogens is 334 g/mol. The first-order valence-electron chi connectivity index (χ1n) is 9.23. The SMILES string of the molecule is Cc1nc([C@@H]2CCO[C@@H]2CN(C)C(=O)c2oc(CC3CC3)nc2C)n[nH]1. The van der Waals surface area contributed by atoms with Gasteiger partial charge in [0.05, 0.1) is 17.7 Å². The van der Waals surface area contributed by atoms with Gasteiger partial charge in [0.25, 0.3) is 5.91 Å². The highest BCUT2D eigenvalue weighted by atomic mass is 16.5. The summed E-state index contributed by atoms with van der Waals surface area (Å²) in [5.74, 6) is 3.17. The minimum absolute atomic E-state index is 0.0939. The van der Waals surface area contributed by atoms with Crippen molar-refractivity contribution in [3.63, 3.8) is 0 Å². The Morgan fingerprint density at radius 3 is 2.77 bits per heavy atom. The highest BCUT2D eigenvalue weighted by Crippen LogP contribution is 2.33. The zero-order valence-electron chi connectivity index (χ0n) is 15.5. The van der Waals surface area contributed by atoms with Crippen molar-refractivity contribution in [3.8, 4) is 0 Å². The maximum Gasteiger partial charge on any atom is 0.291 e. The van der Waals surface area contributed by atoms with Crippen molar-refractivity contribution in [1.82, 2.24) is 25.1 Å². The van der Waals surface area contributed by atoms with Crippen molar-refractivity contribution in [3.05, 3.63) is 29.0 Å². The Labute approximate surface area is 152 Å². The third-order valence-electron chi connectivity index (χ3n) is 5.15. The van der Waals surface area contributed by atoms with Crippen LogP contribution in [0.4, 0.5) is 0 Å². The number of nitrogens with one attached hydrogen (secondary N) is 1. The number of hydrogen-bond donors (Lipinski definition) is 1. The van der Waals surface area contributed by atoms with E-state index in [0.717, 1.165) is 24.5 Å². The summed E-state index contributed by atoms with van der Waals surface area (Å²) >= 11 is 0. The second kappa shape index (κ2) is 6.83. The van der Waals surface area contributed by atoms with Crippen LogP contribution in [0.5, 0.6) is 0 Å². The summed E-state index contributed by atoms with van der Waals surface area (Å²) in [6.45, 7) is 4.82. The number of carbonyl (C=O) groups excluding carboxylic acids is 1. The zero-order chi connectivity index (χ0) is 18.3. The van der Waals surface area contributed by atoms with Crippen LogP contribution in [-0.4, -0.2) is 57.3 Å². The average molecular weight is 359 g/mol. The van der Waals surface area contributed by atoms with Gasteiger partial charge in [-0.1, -0.05) is 0 Å². The van der Waals surface area contributed by atoms with E-state index in [9.17, 15) is 4.79 Å². The van der Waals surface area contributed by atoms with E-state index in [1.54, 1.807) is 11.9 Å². The van der Waals surface area contributed by atoms with Gasteiger partial charge >= 0.3 is 0 Å². The standard InChI is InChI=1S/C18H25N5O3/c1-10-16(26-15(19-10)8-12-4-5-12)18(24)23(3)9-14-13(6-7-25-14)17-20-11(2)21-22-17/h12-14H,4-9H2,1-3H3,(H,20,21,22)/t13-,14-/m1/s1. The van der Waals surface area contributed by atoms with E-state index in [4.69, 9.17) is 9.15 Å². The molecule has 1 N–H and O–H groups in total. The first-order chi connectivity index (χ1) is 12.5. The molecule has 1 aliphatic carbocycles. The average Bonchev–Trinajstić information content (AvgIpc) is 2.97. The molecule has 1 aliphatic heterocycles. The van der Waals surface area contributed by atoms with Crippen molar-refractivity contribution in [2.75, 3.05) is 20.2 Å². The summed E-state index contributed by atoms with van der Waals surface area (Å²) in [6, 6.07) is 0. The molecule has 2 aromatic rings. The van der Waals surface area contributed by atoms with Crippen LogP contribution in [0.1, 0.15) is 59.0 Å². The van der Waals surface area contributed by atoms with Gasteiger partial charge < -0.3 is 14.1 Å². The number of oxazole rings is 1. The van der Waals surface area contributed by atoms with Crippen LogP contribution >= 0.6 is 0 Å². The number of nitrogens with zero attached hydrogens (tertiary/aromatic N) is 4. The topological polar surface area (TPSA) is 97.1 Å². The number of H-pyrrole nitrogens is 1. The van der Waals surface area contributed by atoms with Crippen LogP contribution in [0.15, 0.2) is 4.42 Å². The Kier molecular flexibility index (Phi) is 4.52. The fourth-order valence-electron chi connectivity index (χ4n) is 3.48. The Balaban J connectivity index is 1.42. The van der Waals surface area contributed by atoms with Gasteiger partial charge in [0.2, 0.25) is 5.76 Å². The van der Waals surface area contributed by atoms with Gasteiger partial charge in [-0.15, -0.1) is 0 Å². The van der Waals surface area contributed by atoms with Crippen LogP contribution in [0.2, 0.25) is 0 Å². The van der Waals surface area contributed by atoms with E-state index in [1.165, 1.54) is 12.8 Å². The molecule has 1 saturated heterocycles. The van der Waals surface area contributed by atoms with Gasteiger partial charge in [0, 0.05) is 26.6 Å². The van der Waals surface area contributed by atoms with E-state index < -0.39 is 0 Å². The van der Waals surface area contributed by atoms with Crippen LogP contribution in [0, 0.1) is 19.8 Å². The fraction of sp³-hybridized carbons (Fsp3) is 0.667.